The normalized spacial score (nSPS) is 21.1. The van der Waals surface area contributed by atoms with Gasteiger partial charge in [0.1, 0.15) is 0 Å². The molecule has 28 heavy (non-hydrogen) atoms. The van der Waals surface area contributed by atoms with Crippen LogP contribution in [-0.2, 0) is 22.6 Å². The number of nitrogens with zero attached hydrogens (tertiary/aromatic N) is 2. The van der Waals surface area contributed by atoms with Gasteiger partial charge in [0.25, 0.3) is 0 Å². The van der Waals surface area contributed by atoms with E-state index in [4.69, 9.17) is 0 Å². The predicted octanol–water partition coefficient (Wildman–Crippen LogP) is 3.97. The molecule has 1 aliphatic rings. The van der Waals surface area contributed by atoms with Crippen LogP contribution in [0.25, 0.3) is 6.08 Å². The van der Waals surface area contributed by atoms with Crippen molar-refractivity contribution in [3.05, 3.63) is 77.4 Å². The van der Waals surface area contributed by atoms with Crippen molar-refractivity contribution in [2.75, 3.05) is 20.2 Å². The van der Waals surface area contributed by atoms with Crippen LogP contribution >= 0.6 is 0 Å². The van der Waals surface area contributed by atoms with Crippen molar-refractivity contribution in [1.82, 2.24) is 9.80 Å². The van der Waals surface area contributed by atoms with Crippen LogP contribution in [0.2, 0.25) is 0 Å². The number of carbonyl (C=O) groups is 1. The number of methoxy groups -OCH3 is 1. The fourth-order valence-corrected chi connectivity index (χ4v) is 3.93. The predicted molar refractivity (Wildman–Crippen MR) is 114 cm³/mol. The molecule has 2 atom stereocenters. The van der Waals surface area contributed by atoms with Crippen molar-refractivity contribution in [3.63, 3.8) is 0 Å². The summed E-state index contributed by atoms with van der Waals surface area (Å²) in [5.41, 5.74) is 3.68. The maximum absolute atomic E-state index is 11.2. The van der Waals surface area contributed by atoms with Crippen molar-refractivity contribution in [1.29, 1.82) is 0 Å². The average Bonchev–Trinajstić information content (AvgIpc) is 2.70. The summed E-state index contributed by atoms with van der Waals surface area (Å²) < 4.78 is 4.63. The summed E-state index contributed by atoms with van der Waals surface area (Å²) in [6.07, 6.45) is 3.23. The Kier molecular flexibility index (Phi) is 7.01. The summed E-state index contributed by atoms with van der Waals surface area (Å²) in [7, 11) is 1.39. The molecule has 2 aromatic rings. The molecule has 0 aliphatic carbocycles. The van der Waals surface area contributed by atoms with Crippen molar-refractivity contribution < 1.29 is 9.53 Å². The lowest BCUT2D eigenvalue weighted by Gasteiger charge is -2.44. The van der Waals surface area contributed by atoms with Crippen LogP contribution < -0.4 is 0 Å². The Morgan fingerprint density at radius 3 is 2.18 bits per heavy atom. The van der Waals surface area contributed by atoms with Crippen LogP contribution in [0.3, 0.4) is 0 Å². The molecule has 1 heterocycles. The molecule has 0 bridgehead atoms. The molecule has 0 N–H and O–H groups in total. The summed E-state index contributed by atoms with van der Waals surface area (Å²) in [4.78, 5) is 16.4. The molecule has 1 fully saturated rings. The van der Waals surface area contributed by atoms with Gasteiger partial charge in [0, 0.05) is 44.3 Å². The molecular weight excluding hydrogens is 348 g/mol. The van der Waals surface area contributed by atoms with Crippen LogP contribution in [0.5, 0.6) is 0 Å². The molecular formula is C24H30N2O2. The summed E-state index contributed by atoms with van der Waals surface area (Å²) in [5.74, 6) is -0.333. The summed E-state index contributed by atoms with van der Waals surface area (Å²) in [6.45, 7) is 8.77. The van der Waals surface area contributed by atoms with E-state index in [0.29, 0.717) is 12.1 Å². The second-order valence-corrected chi connectivity index (χ2v) is 7.65. The van der Waals surface area contributed by atoms with E-state index in [1.807, 2.05) is 0 Å². The molecule has 0 unspecified atom stereocenters. The van der Waals surface area contributed by atoms with E-state index in [0.717, 1.165) is 31.7 Å². The molecule has 0 amide bonds. The van der Waals surface area contributed by atoms with E-state index in [9.17, 15) is 4.79 Å². The number of benzene rings is 2. The van der Waals surface area contributed by atoms with Crippen LogP contribution in [0.1, 0.15) is 30.5 Å². The topological polar surface area (TPSA) is 32.8 Å². The van der Waals surface area contributed by atoms with Gasteiger partial charge in [-0.1, -0.05) is 54.6 Å². The molecule has 4 nitrogen and oxygen atoms in total. The van der Waals surface area contributed by atoms with E-state index >= 15 is 0 Å². The zero-order valence-corrected chi connectivity index (χ0v) is 17.0. The van der Waals surface area contributed by atoms with Gasteiger partial charge in [-0.3, -0.25) is 9.80 Å². The van der Waals surface area contributed by atoms with E-state index < -0.39 is 0 Å². The summed E-state index contributed by atoms with van der Waals surface area (Å²) in [5, 5.41) is 0. The van der Waals surface area contributed by atoms with E-state index in [1.165, 1.54) is 24.3 Å². The first-order valence-corrected chi connectivity index (χ1v) is 9.92. The number of esters is 1. The van der Waals surface area contributed by atoms with Crippen molar-refractivity contribution in [2.24, 2.45) is 0 Å². The minimum Gasteiger partial charge on any atom is -0.466 e. The van der Waals surface area contributed by atoms with Gasteiger partial charge >= 0.3 is 5.97 Å². The first-order valence-electron chi connectivity index (χ1n) is 9.92. The fourth-order valence-electron chi connectivity index (χ4n) is 3.93. The molecule has 1 saturated heterocycles. The summed E-state index contributed by atoms with van der Waals surface area (Å²) >= 11 is 0. The lowest BCUT2D eigenvalue weighted by Crippen LogP contribution is -2.55. The standard InChI is InChI=1S/C24H30N2O2/c1-19-15-25(17-22-7-5-4-6-8-22)16-20(2)26(19)18-23-11-9-21(10-12-23)13-14-24(27)28-3/h4-14,19-20H,15-18H2,1-3H3/b14-13+/t19-,20+. The minimum atomic E-state index is -0.333. The van der Waals surface area contributed by atoms with Crippen LogP contribution in [0, 0.1) is 0 Å². The number of carbonyl (C=O) groups excluding carboxylic acids is 1. The molecule has 0 radical (unpaired) electrons. The Labute approximate surface area is 168 Å². The highest BCUT2D eigenvalue weighted by atomic mass is 16.5. The largest absolute Gasteiger partial charge is 0.466 e. The highest BCUT2D eigenvalue weighted by Crippen LogP contribution is 2.21. The van der Waals surface area contributed by atoms with Gasteiger partial charge in [0.05, 0.1) is 7.11 Å². The van der Waals surface area contributed by atoms with Crippen LogP contribution in [-0.4, -0.2) is 48.1 Å². The lowest BCUT2D eigenvalue weighted by molar-refractivity contribution is -0.134. The lowest BCUT2D eigenvalue weighted by atomic mass is 10.0. The Morgan fingerprint density at radius 2 is 1.57 bits per heavy atom. The van der Waals surface area contributed by atoms with E-state index in [-0.39, 0.29) is 5.97 Å². The quantitative estimate of drug-likeness (QED) is 0.563. The van der Waals surface area contributed by atoms with Gasteiger partial charge in [-0.2, -0.15) is 0 Å². The van der Waals surface area contributed by atoms with Gasteiger partial charge in [0.2, 0.25) is 0 Å². The first kappa shape index (κ1) is 20.3. The Hall–Kier alpha value is -2.43. The van der Waals surface area contributed by atoms with Gasteiger partial charge in [-0.25, -0.2) is 4.79 Å². The van der Waals surface area contributed by atoms with Gasteiger partial charge in [-0.05, 0) is 36.6 Å². The number of ether oxygens (including phenoxy) is 1. The SMILES string of the molecule is COC(=O)/C=C/c1ccc(CN2[C@H](C)CN(Cc3ccccc3)C[C@@H]2C)cc1. The molecule has 0 spiro atoms. The smallest absolute Gasteiger partial charge is 0.330 e. The molecule has 0 saturated carbocycles. The molecule has 1 aliphatic heterocycles. The van der Waals surface area contributed by atoms with Crippen LogP contribution in [0.15, 0.2) is 60.7 Å². The molecule has 0 aromatic heterocycles. The maximum atomic E-state index is 11.2. The van der Waals surface area contributed by atoms with Gasteiger partial charge in [-0.15, -0.1) is 0 Å². The molecule has 4 heteroatoms. The molecule has 3 rings (SSSR count). The zero-order chi connectivity index (χ0) is 19.9. The number of hydrogen-bond donors (Lipinski definition) is 0. The Balaban J connectivity index is 1.57. The second kappa shape index (κ2) is 9.67. The van der Waals surface area contributed by atoms with Crippen molar-refractivity contribution >= 4 is 12.0 Å². The molecule has 148 valence electrons. The summed E-state index contributed by atoms with van der Waals surface area (Å²) in [6, 6.07) is 20.1. The molecule has 2 aromatic carbocycles. The Bertz CT molecular complexity index is 774. The monoisotopic (exact) mass is 378 g/mol. The van der Waals surface area contributed by atoms with Gasteiger partial charge in [0.15, 0.2) is 0 Å². The number of rotatable bonds is 6. The second-order valence-electron chi connectivity index (χ2n) is 7.65. The third-order valence-corrected chi connectivity index (χ3v) is 5.38. The minimum absolute atomic E-state index is 0.333. The first-order chi connectivity index (χ1) is 13.5. The van der Waals surface area contributed by atoms with E-state index in [1.54, 1.807) is 6.08 Å². The van der Waals surface area contributed by atoms with Crippen LogP contribution in [0.4, 0.5) is 0 Å². The highest BCUT2D eigenvalue weighted by molar-refractivity contribution is 5.86. The number of hydrogen-bond acceptors (Lipinski definition) is 4. The Morgan fingerprint density at radius 1 is 0.964 bits per heavy atom. The maximum Gasteiger partial charge on any atom is 0.330 e. The fraction of sp³-hybridized carbons (Fsp3) is 0.375. The third-order valence-electron chi connectivity index (χ3n) is 5.38. The van der Waals surface area contributed by atoms with E-state index in [2.05, 4.69) is 83.0 Å². The number of piperazine rings is 1. The van der Waals surface area contributed by atoms with Gasteiger partial charge < -0.3 is 4.74 Å². The average molecular weight is 379 g/mol. The highest BCUT2D eigenvalue weighted by Gasteiger charge is 2.29. The van der Waals surface area contributed by atoms with Crippen molar-refractivity contribution in [2.45, 2.75) is 39.0 Å². The zero-order valence-electron chi connectivity index (χ0n) is 17.0. The van der Waals surface area contributed by atoms with Crippen molar-refractivity contribution in [3.8, 4) is 0 Å². The third kappa shape index (κ3) is 5.54.